The Kier molecular flexibility index (Phi) is 4.54. The third-order valence-electron chi connectivity index (χ3n) is 4.10. The highest BCUT2D eigenvalue weighted by molar-refractivity contribution is 5.99. The zero-order valence-electron chi connectivity index (χ0n) is 13.3. The van der Waals surface area contributed by atoms with Gasteiger partial charge in [0.1, 0.15) is 5.56 Å². The minimum Gasteiger partial charge on any atom is -0.454 e. The molecule has 1 aromatic carbocycles. The van der Waals surface area contributed by atoms with Crippen molar-refractivity contribution in [2.24, 2.45) is 0 Å². The number of nitro benzene ring substituents is 1. The number of nitrogens with zero attached hydrogens (tertiary/aromatic N) is 3. The van der Waals surface area contributed by atoms with E-state index in [1.807, 2.05) is 0 Å². The van der Waals surface area contributed by atoms with E-state index in [9.17, 15) is 20.0 Å². The Balaban J connectivity index is 1.77. The van der Waals surface area contributed by atoms with E-state index < -0.39 is 16.9 Å². The molecule has 130 valence electrons. The van der Waals surface area contributed by atoms with Gasteiger partial charge in [-0.1, -0.05) is 0 Å². The highest BCUT2D eigenvalue weighted by atomic mass is 16.7. The number of carbonyl (C=O) groups is 1. The van der Waals surface area contributed by atoms with Crippen molar-refractivity contribution in [3.05, 3.63) is 27.8 Å². The van der Waals surface area contributed by atoms with Crippen LogP contribution in [0, 0.1) is 10.1 Å². The molecule has 24 heavy (non-hydrogen) atoms. The number of piperazine rings is 1. The number of aliphatic hydroxyl groups excluding tert-OH is 1. The smallest absolute Gasteiger partial charge is 0.286 e. The molecular formula is C15H19N3O6. The number of hydrogen-bond donors (Lipinski definition) is 1. The second kappa shape index (κ2) is 6.62. The summed E-state index contributed by atoms with van der Waals surface area (Å²) in [6, 6.07) is 2.62. The molecule has 0 unspecified atom stereocenters. The van der Waals surface area contributed by atoms with Crippen LogP contribution in [0.1, 0.15) is 17.3 Å². The van der Waals surface area contributed by atoms with Gasteiger partial charge < -0.3 is 19.5 Å². The quantitative estimate of drug-likeness (QED) is 0.628. The van der Waals surface area contributed by atoms with Crippen molar-refractivity contribution >= 4 is 11.6 Å². The molecule has 0 radical (unpaired) electrons. The largest absolute Gasteiger partial charge is 0.454 e. The summed E-state index contributed by atoms with van der Waals surface area (Å²) in [5, 5.41) is 20.7. The van der Waals surface area contributed by atoms with Gasteiger partial charge in [0.05, 0.1) is 17.1 Å². The number of ether oxygens (including phenoxy) is 2. The first-order valence-electron chi connectivity index (χ1n) is 7.73. The molecule has 0 spiro atoms. The van der Waals surface area contributed by atoms with Gasteiger partial charge in [0.25, 0.3) is 11.6 Å². The number of rotatable bonds is 4. The van der Waals surface area contributed by atoms with Gasteiger partial charge in [-0.3, -0.25) is 19.8 Å². The lowest BCUT2D eigenvalue weighted by Gasteiger charge is -2.35. The Morgan fingerprint density at radius 3 is 2.50 bits per heavy atom. The van der Waals surface area contributed by atoms with Crippen LogP contribution in [0.4, 0.5) is 5.69 Å². The SMILES string of the molecule is C[C@@H](O)CN1CCN(C(=O)c2cc3c(cc2[N+](=O)[O-])OCO3)CC1. The number of β-amino-alcohol motifs (C(OH)–C–C–N with tert-alkyl or cyclic N) is 1. The van der Waals surface area contributed by atoms with Crippen molar-refractivity contribution in [3.8, 4) is 11.5 Å². The average molecular weight is 337 g/mol. The molecule has 9 nitrogen and oxygen atoms in total. The molecule has 0 bridgehead atoms. The van der Waals surface area contributed by atoms with E-state index in [2.05, 4.69) is 4.90 Å². The van der Waals surface area contributed by atoms with Crippen LogP contribution in [0.2, 0.25) is 0 Å². The van der Waals surface area contributed by atoms with Crippen molar-refractivity contribution in [2.45, 2.75) is 13.0 Å². The molecule has 2 aliphatic heterocycles. The molecule has 1 N–H and O–H groups in total. The van der Waals surface area contributed by atoms with Crippen LogP contribution in [-0.2, 0) is 0 Å². The van der Waals surface area contributed by atoms with Gasteiger partial charge in [0.15, 0.2) is 11.5 Å². The highest BCUT2D eigenvalue weighted by Gasteiger charge is 2.31. The third-order valence-corrected chi connectivity index (χ3v) is 4.10. The van der Waals surface area contributed by atoms with E-state index in [1.54, 1.807) is 11.8 Å². The summed E-state index contributed by atoms with van der Waals surface area (Å²) >= 11 is 0. The van der Waals surface area contributed by atoms with Crippen LogP contribution >= 0.6 is 0 Å². The summed E-state index contributed by atoms with van der Waals surface area (Å²) in [5.74, 6) is 0.230. The zero-order chi connectivity index (χ0) is 17.3. The van der Waals surface area contributed by atoms with Gasteiger partial charge in [-0.25, -0.2) is 0 Å². The summed E-state index contributed by atoms with van der Waals surface area (Å²) in [7, 11) is 0. The molecule has 1 atom stereocenters. The maximum atomic E-state index is 12.7. The summed E-state index contributed by atoms with van der Waals surface area (Å²) in [4.78, 5) is 27.1. The summed E-state index contributed by atoms with van der Waals surface area (Å²) < 4.78 is 10.4. The third kappa shape index (κ3) is 3.26. The minimum atomic E-state index is -0.584. The summed E-state index contributed by atoms with van der Waals surface area (Å²) in [5.41, 5.74) is -0.274. The average Bonchev–Trinajstić information content (AvgIpc) is 3.00. The second-order valence-electron chi connectivity index (χ2n) is 5.92. The molecule has 1 amide bonds. The molecule has 1 fully saturated rings. The first-order chi connectivity index (χ1) is 11.5. The molecule has 9 heteroatoms. The molecule has 1 saturated heterocycles. The molecule has 3 rings (SSSR count). The fourth-order valence-electron chi connectivity index (χ4n) is 2.93. The van der Waals surface area contributed by atoms with Crippen LogP contribution in [0.25, 0.3) is 0 Å². The van der Waals surface area contributed by atoms with Crippen LogP contribution in [0.3, 0.4) is 0 Å². The van der Waals surface area contributed by atoms with Crippen molar-refractivity contribution in [1.29, 1.82) is 0 Å². The van der Waals surface area contributed by atoms with Crippen LogP contribution in [0.5, 0.6) is 11.5 Å². The first kappa shape index (κ1) is 16.5. The topological polar surface area (TPSA) is 105 Å². The highest BCUT2D eigenvalue weighted by Crippen LogP contribution is 2.38. The van der Waals surface area contributed by atoms with Crippen LogP contribution in [0.15, 0.2) is 12.1 Å². The predicted octanol–water partition coefficient (Wildman–Crippen LogP) is 0.462. The van der Waals surface area contributed by atoms with Crippen molar-refractivity contribution in [2.75, 3.05) is 39.5 Å². The molecule has 0 aliphatic carbocycles. The predicted molar refractivity (Wildman–Crippen MR) is 83.2 cm³/mol. The van der Waals surface area contributed by atoms with E-state index >= 15 is 0 Å². The maximum absolute atomic E-state index is 12.7. The van der Waals surface area contributed by atoms with Gasteiger partial charge in [-0.15, -0.1) is 0 Å². The fourth-order valence-corrected chi connectivity index (χ4v) is 2.93. The van der Waals surface area contributed by atoms with Gasteiger partial charge in [-0.2, -0.15) is 0 Å². The lowest BCUT2D eigenvalue weighted by molar-refractivity contribution is -0.385. The lowest BCUT2D eigenvalue weighted by Crippen LogP contribution is -2.50. The first-order valence-corrected chi connectivity index (χ1v) is 7.73. The Hall–Kier alpha value is -2.39. The number of nitro groups is 1. The monoisotopic (exact) mass is 337 g/mol. The second-order valence-corrected chi connectivity index (χ2v) is 5.92. The Labute approximate surface area is 138 Å². The van der Waals surface area contributed by atoms with Crippen molar-refractivity contribution in [1.82, 2.24) is 9.80 Å². The molecule has 1 aromatic rings. The standard InChI is InChI=1S/C15H19N3O6/c1-10(19)8-16-2-4-17(5-3-16)15(20)11-6-13-14(24-9-23-13)7-12(11)18(21)22/h6-7,10,19H,2-5,8-9H2,1H3/t10-/m1/s1. The van der Waals surface area contributed by atoms with E-state index in [0.717, 1.165) is 0 Å². The van der Waals surface area contributed by atoms with E-state index in [1.165, 1.54) is 12.1 Å². The van der Waals surface area contributed by atoms with Crippen LogP contribution in [-0.4, -0.2) is 71.4 Å². The van der Waals surface area contributed by atoms with E-state index in [4.69, 9.17) is 9.47 Å². The van der Waals surface area contributed by atoms with E-state index in [0.29, 0.717) is 38.5 Å². The summed E-state index contributed by atoms with van der Waals surface area (Å²) in [6.45, 7) is 4.40. The molecule has 2 heterocycles. The Morgan fingerprint density at radius 1 is 1.29 bits per heavy atom. The number of amides is 1. The normalized spacial score (nSPS) is 18.5. The minimum absolute atomic E-state index is 0.00762. The van der Waals surface area contributed by atoms with Gasteiger partial charge in [0.2, 0.25) is 6.79 Å². The van der Waals surface area contributed by atoms with E-state index in [-0.39, 0.29) is 23.8 Å². The van der Waals surface area contributed by atoms with Crippen molar-refractivity contribution < 1.29 is 24.3 Å². The van der Waals surface area contributed by atoms with Gasteiger partial charge >= 0.3 is 0 Å². The van der Waals surface area contributed by atoms with Gasteiger partial charge in [-0.05, 0) is 6.92 Å². The molecule has 0 aromatic heterocycles. The Bertz CT molecular complexity index is 655. The summed E-state index contributed by atoms with van der Waals surface area (Å²) in [6.07, 6.45) is -0.429. The molecule has 0 saturated carbocycles. The van der Waals surface area contributed by atoms with Crippen molar-refractivity contribution in [3.63, 3.8) is 0 Å². The van der Waals surface area contributed by atoms with Gasteiger partial charge in [0, 0.05) is 38.8 Å². The number of hydrogen-bond acceptors (Lipinski definition) is 7. The molecular weight excluding hydrogens is 318 g/mol. The number of carbonyl (C=O) groups excluding carboxylic acids is 1. The number of fused-ring (bicyclic) bond motifs is 1. The molecule has 2 aliphatic rings. The fraction of sp³-hybridized carbons (Fsp3) is 0.533. The van der Waals surface area contributed by atoms with Crippen LogP contribution < -0.4 is 9.47 Å². The zero-order valence-corrected chi connectivity index (χ0v) is 13.3. The Morgan fingerprint density at radius 2 is 1.92 bits per heavy atom. The number of aliphatic hydroxyl groups is 1. The lowest BCUT2D eigenvalue weighted by atomic mass is 10.1. The number of benzene rings is 1. The maximum Gasteiger partial charge on any atom is 0.286 e.